The van der Waals surface area contributed by atoms with Gasteiger partial charge in [0, 0.05) is 17.9 Å². The number of nitrogens with one attached hydrogen (secondary N) is 1. The fraction of sp³-hybridized carbons (Fsp3) is 0.381. The molecule has 9 heteroatoms. The number of nitrogens with zero attached hydrogens (tertiary/aromatic N) is 3. The summed E-state index contributed by atoms with van der Waals surface area (Å²) in [6.07, 6.45) is -3.65. The molecule has 0 aliphatic carbocycles. The molecule has 3 heterocycles. The maximum Gasteiger partial charge on any atom is 0.416 e. The third-order valence-electron chi connectivity index (χ3n) is 5.03. The van der Waals surface area contributed by atoms with Gasteiger partial charge in [-0.05, 0) is 37.6 Å². The third-order valence-corrected chi connectivity index (χ3v) is 5.03. The first-order chi connectivity index (χ1) is 14.3. The van der Waals surface area contributed by atoms with Gasteiger partial charge in [-0.2, -0.15) is 18.3 Å². The molecule has 2 aromatic heterocycles. The standard InChI is InChI=1S/C21H21F3N4O2/c1-12(14-4-3-5-15(10-14)21(22,23)24)25-20-19-17(13(2)27-28-20)6-7-18(26-19)30-16-8-9-29-11-16/h3-7,10,12,16H,8-9,11H2,1-2H3,(H,25,28)/t12?,16-/m0/s1. The molecule has 0 saturated carbocycles. The molecule has 1 unspecified atom stereocenters. The number of pyridine rings is 1. The SMILES string of the molecule is Cc1nnc(NC(C)c2cccc(C(F)(F)F)c2)c2nc(O[C@H]3CCOC3)ccc12. The van der Waals surface area contributed by atoms with E-state index in [0.717, 1.165) is 23.9 Å². The van der Waals surface area contributed by atoms with Crippen LogP contribution in [0.4, 0.5) is 19.0 Å². The molecule has 30 heavy (non-hydrogen) atoms. The molecule has 1 aliphatic heterocycles. The summed E-state index contributed by atoms with van der Waals surface area (Å²) in [5, 5.41) is 12.3. The van der Waals surface area contributed by atoms with Crippen LogP contribution in [0.2, 0.25) is 0 Å². The average Bonchev–Trinajstić information content (AvgIpc) is 3.22. The van der Waals surface area contributed by atoms with E-state index >= 15 is 0 Å². The summed E-state index contributed by atoms with van der Waals surface area (Å²) in [5.74, 6) is 0.828. The zero-order valence-electron chi connectivity index (χ0n) is 16.5. The molecule has 1 aliphatic rings. The van der Waals surface area contributed by atoms with Gasteiger partial charge < -0.3 is 14.8 Å². The maximum absolute atomic E-state index is 13.0. The van der Waals surface area contributed by atoms with Crippen LogP contribution in [0.3, 0.4) is 0 Å². The summed E-state index contributed by atoms with van der Waals surface area (Å²) in [4.78, 5) is 4.58. The van der Waals surface area contributed by atoms with E-state index in [9.17, 15) is 13.2 Å². The summed E-state index contributed by atoms with van der Waals surface area (Å²) < 4.78 is 50.4. The number of ether oxygens (including phenoxy) is 2. The average molecular weight is 418 g/mol. The summed E-state index contributed by atoms with van der Waals surface area (Å²) in [6, 6.07) is 8.40. The van der Waals surface area contributed by atoms with E-state index < -0.39 is 17.8 Å². The van der Waals surface area contributed by atoms with Crippen LogP contribution in [0.1, 0.15) is 36.2 Å². The fourth-order valence-electron chi connectivity index (χ4n) is 3.35. The van der Waals surface area contributed by atoms with Crippen molar-refractivity contribution < 1.29 is 22.6 Å². The Bertz CT molecular complexity index is 1050. The fourth-order valence-corrected chi connectivity index (χ4v) is 3.35. The molecule has 1 saturated heterocycles. The zero-order valence-corrected chi connectivity index (χ0v) is 16.5. The van der Waals surface area contributed by atoms with Crippen molar-refractivity contribution in [2.75, 3.05) is 18.5 Å². The van der Waals surface area contributed by atoms with Crippen molar-refractivity contribution >= 4 is 16.7 Å². The van der Waals surface area contributed by atoms with Crippen molar-refractivity contribution in [3.8, 4) is 5.88 Å². The first-order valence-electron chi connectivity index (χ1n) is 9.63. The number of alkyl halides is 3. The van der Waals surface area contributed by atoms with Crippen LogP contribution in [0.5, 0.6) is 5.88 Å². The van der Waals surface area contributed by atoms with Gasteiger partial charge in [0.2, 0.25) is 5.88 Å². The lowest BCUT2D eigenvalue weighted by Gasteiger charge is -2.18. The number of benzene rings is 1. The Kier molecular flexibility index (Phi) is 5.46. The van der Waals surface area contributed by atoms with Crippen LogP contribution < -0.4 is 10.1 Å². The third kappa shape index (κ3) is 4.30. The van der Waals surface area contributed by atoms with E-state index in [-0.39, 0.29) is 6.10 Å². The number of aromatic nitrogens is 3. The van der Waals surface area contributed by atoms with Gasteiger partial charge >= 0.3 is 6.18 Å². The quantitative estimate of drug-likeness (QED) is 0.648. The number of hydrogen-bond donors (Lipinski definition) is 1. The van der Waals surface area contributed by atoms with Crippen molar-refractivity contribution in [2.45, 2.75) is 38.6 Å². The Morgan fingerprint density at radius 3 is 2.77 bits per heavy atom. The minimum atomic E-state index is -4.40. The Hall–Kier alpha value is -2.94. The number of halogens is 3. The predicted octanol–water partition coefficient (Wildman–Crippen LogP) is 4.69. The molecule has 0 bridgehead atoms. The van der Waals surface area contributed by atoms with E-state index in [2.05, 4.69) is 20.5 Å². The number of aryl methyl sites for hydroxylation is 1. The largest absolute Gasteiger partial charge is 0.472 e. The van der Waals surface area contributed by atoms with Crippen molar-refractivity contribution in [1.29, 1.82) is 0 Å². The van der Waals surface area contributed by atoms with Crippen LogP contribution >= 0.6 is 0 Å². The molecule has 2 atom stereocenters. The van der Waals surface area contributed by atoms with Crippen LogP contribution in [0.25, 0.3) is 10.9 Å². The topological polar surface area (TPSA) is 69.2 Å². The highest BCUT2D eigenvalue weighted by molar-refractivity contribution is 5.89. The Morgan fingerprint density at radius 2 is 2.03 bits per heavy atom. The second-order valence-electron chi connectivity index (χ2n) is 7.27. The van der Waals surface area contributed by atoms with Crippen molar-refractivity contribution in [3.63, 3.8) is 0 Å². The van der Waals surface area contributed by atoms with E-state index in [4.69, 9.17) is 9.47 Å². The van der Waals surface area contributed by atoms with E-state index in [0.29, 0.717) is 41.7 Å². The molecule has 1 N–H and O–H groups in total. The second-order valence-corrected chi connectivity index (χ2v) is 7.27. The van der Waals surface area contributed by atoms with Crippen molar-refractivity contribution in [3.05, 3.63) is 53.2 Å². The number of hydrogen-bond acceptors (Lipinski definition) is 6. The maximum atomic E-state index is 13.0. The van der Waals surface area contributed by atoms with Crippen molar-refractivity contribution in [1.82, 2.24) is 15.2 Å². The Labute approximate surface area is 171 Å². The molecule has 1 fully saturated rings. The Morgan fingerprint density at radius 1 is 1.20 bits per heavy atom. The number of anilines is 1. The van der Waals surface area contributed by atoms with E-state index in [1.54, 1.807) is 19.1 Å². The molecule has 6 nitrogen and oxygen atoms in total. The lowest BCUT2D eigenvalue weighted by atomic mass is 10.0. The number of fused-ring (bicyclic) bond motifs is 1. The highest BCUT2D eigenvalue weighted by atomic mass is 19.4. The molecule has 158 valence electrons. The van der Waals surface area contributed by atoms with Gasteiger partial charge in [-0.1, -0.05) is 12.1 Å². The van der Waals surface area contributed by atoms with Gasteiger partial charge in [0.05, 0.1) is 30.5 Å². The second kappa shape index (κ2) is 8.06. The molecule has 0 radical (unpaired) electrons. The Balaban J connectivity index is 1.63. The highest BCUT2D eigenvalue weighted by Crippen LogP contribution is 2.32. The lowest BCUT2D eigenvalue weighted by molar-refractivity contribution is -0.137. The first-order valence-corrected chi connectivity index (χ1v) is 9.63. The van der Waals surface area contributed by atoms with Gasteiger partial charge in [-0.3, -0.25) is 0 Å². The summed E-state index contributed by atoms with van der Waals surface area (Å²) in [6.45, 7) is 4.76. The monoisotopic (exact) mass is 418 g/mol. The van der Waals surface area contributed by atoms with Crippen LogP contribution in [-0.4, -0.2) is 34.5 Å². The summed E-state index contributed by atoms with van der Waals surface area (Å²) in [7, 11) is 0. The van der Waals surface area contributed by atoms with Gasteiger partial charge in [-0.25, -0.2) is 4.98 Å². The van der Waals surface area contributed by atoms with Crippen molar-refractivity contribution in [2.24, 2.45) is 0 Å². The predicted molar refractivity (Wildman–Crippen MR) is 105 cm³/mol. The molecular weight excluding hydrogens is 397 g/mol. The summed E-state index contributed by atoms with van der Waals surface area (Å²) >= 11 is 0. The first kappa shape index (κ1) is 20.3. The van der Waals surface area contributed by atoms with Gasteiger partial charge in [0.15, 0.2) is 5.82 Å². The van der Waals surface area contributed by atoms with Gasteiger partial charge in [-0.15, -0.1) is 5.10 Å². The van der Waals surface area contributed by atoms with Crippen LogP contribution in [-0.2, 0) is 10.9 Å². The summed E-state index contributed by atoms with van der Waals surface area (Å²) in [5.41, 5.74) is 1.04. The molecule has 0 amide bonds. The normalized spacial score (nSPS) is 17.8. The smallest absolute Gasteiger partial charge is 0.416 e. The molecule has 1 aromatic carbocycles. The number of rotatable bonds is 5. The highest BCUT2D eigenvalue weighted by Gasteiger charge is 2.30. The van der Waals surface area contributed by atoms with Crippen LogP contribution in [0.15, 0.2) is 36.4 Å². The molecule has 4 rings (SSSR count). The van der Waals surface area contributed by atoms with E-state index in [1.807, 2.05) is 13.0 Å². The van der Waals surface area contributed by atoms with Crippen LogP contribution in [0, 0.1) is 6.92 Å². The molecule has 3 aromatic rings. The lowest BCUT2D eigenvalue weighted by Crippen LogP contribution is -2.16. The van der Waals surface area contributed by atoms with Gasteiger partial charge in [0.1, 0.15) is 11.6 Å². The molecular formula is C21H21F3N4O2. The van der Waals surface area contributed by atoms with Gasteiger partial charge in [0.25, 0.3) is 0 Å². The molecule has 0 spiro atoms. The minimum absolute atomic E-state index is 0.0497. The minimum Gasteiger partial charge on any atom is -0.472 e. The zero-order chi connectivity index (χ0) is 21.3. The van der Waals surface area contributed by atoms with E-state index in [1.165, 1.54) is 6.07 Å².